The van der Waals surface area contributed by atoms with Gasteiger partial charge in [-0.2, -0.15) is 8.78 Å². The van der Waals surface area contributed by atoms with E-state index in [0.717, 1.165) is 56.4 Å². The molecular weight excluding hydrogens is 506 g/mol. The van der Waals surface area contributed by atoms with Crippen molar-refractivity contribution in [3.8, 4) is 0 Å². The van der Waals surface area contributed by atoms with Gasteiger partial charge >= 0.3 is 0 Å². The summed E-state index contributed by atoms with van der Waals surface area (Å²) < 4.78 is 25.0. The van der Waals surface area contributed by atoms with Crippen LogP contribution in [0.4, 0.5) is 8.78 Å². The molecule has 32 heavy (non-hydrogen) atoms. The van der Waals surface area contributed by atoms with Crippen LogP contribution in [0, 0.1) is 11.9 Å². The number of likely N-dealkylation sites (tertiary alicyclic amines) is 1. The Bertz CT molecular complexity index is 772. The third kappa shape index (κ3) is 12.1. The van der Waals surface area contributed by atoms with E-state index in [0.29, 0.717) is 18.4 Å². The van der Waals surface area contributed by atoms with E-state index in [4.69, 9.17) is 5.11 Å². The molecule has 6 nitrogen and oxygen atoms in total. The molecule has 2 aliphatic heterocycles. The zero-order valence-electron chi connectivity index (χ0n) is 18.0. The number of alkyl halides is 1. The topological polar surface area (TPSA) is 81.5 Å². The number of aliphatic hydroxyl groups is 2. The van der Waals surface area contributed by atoms with Crippen molar-refractivity contribution in [3.05, 3.63) is 59.7 Å². The Hall–Kier alpha value is -1.23. The number of nitrogens with zero attached hydrogens (tertiary/aromatic N) is 3. The lowest BCUT2D eigenvalue weighted by Crippen LogP contribution is -2.37. The second kappa shape index (κ2) is 16.4. The minimum Gasteiger partial charge on any atom is -0.392 e. The zero-order chi connectivity index (χ0) is 22.5. The van der Waals surface area contributed by atoms with Crippen LogP contribution in [0.3, 0.4) is 0 Å². The van der Waals surface area contributed by atoms with Gasteiger partial charge in [0.05, 0.1) is 12.2 Å². The smallest absolute Gasteiger partial charge is 0.213 e. The molecule has 180 valence electrons. The number of piperidine rings is 2. The maximum Gasteiger partial charge on any atom is 0.213 e. The van der Waals surface area contributed by atoms with Crippen molar-refractivity contribution in [2.24, 2.45) is 0 Å². The molecule has 3 N–H and O–H groups in total. The molecular formula is C22H32BrClF2N4O2. The second-order valence-electron chi connectivity index (χ2n) is 7.64. The Morgan fingerprint density at radius 3 is 2.09 bits per heavy atom. The number of β-amino-alcohol motifs (C(OH)–C–C–N with tert-alkyl or cyclic N) is 2. The summed E-state index contributed by atoms with van der Waals surface area (Å²) in [5, 5.41) is 22.1. The molecule has 1 unspecified atom stereocenters. The molecule has 2 saturated heterocycles. The van der Waals surface area contributed by atoms with Crippen LogP contribution < -0.4 is 5.32 Å². The van der Waals surface area contributed by atoms with Crippen molar-refractivity contribution in [3.63, 3.8) is 0 Å². The molecule has 2 aliphatic rings. The predicted molar refractivity (Wildman–Crippen MR) is 127 cm³/mol. The SMILES string of the molecule is Cl.Fc1cc(CBr)ccn1.OC1CCCNC1.O[C@@H]1CCCN(Cc2ccnc(F)c2)C1. The highest BCUT2D eigenvalue weighted by Gasteiger charge is 2.17. The average molecular weight is 538 g/mol. The average Bonchev–Trinajstić information content (AvgIpc) is 2.75. The summed E-state index contributed by atoms with van der Waals surface area (Å²) in [5.41, 5.74) is 1.82. The van der Waals surface area contributed by atoms with E-state index < -0.39 is 11.9 Å². The Balaban J connectivity index is 0.000000258. The molecule has 2 aromatic rings. The predicted octanol–water partition coefficient (Wildman–Crippen LogP) is 3.45. The number of rotatable bonds is 3. The quantitative estimate of drug-likeness (QED) is 0.411. The molecule has 2 atom stereocenters. The van der Waals surface area contributed by atoms with Gasteiger partial charge < -0.3 is 15.5 Å². The fourth-order valence-corrected chi connectivity index (χ4v) is 3.68. The number of nitrogens with one attached hydrogen (secondary N) is 1. The molecule has 0 radical (unpaired) electrons. The molecule has 4 rings (SSSR count). The van der Waals surface area contributed by atoms with Crippen LogP contribution in [0.1, 0.15) is 36.8 Å². The fourth-order valence-electron chi connectivity index (χ4n) is 3.33. The maximum atomic E-state index is 12.8. The molecule has 0 aliphatic carbocycles. The zero-order valence-corrected chi connectivity index (χ0v) is 20.4. The molecule has 0 bridgehead atoms. The van der Waals surface area contributed by atoms with Crippen molar-refractivity contribution < 1.29 is 19.0 Å². The van der Waals surface area contributed by atoms with Crippen LogP contribution in [0.5, 0.6) is 0 Å². The van der Waals surface area contributed by atoms with Crippen LogP contribution in [-0.2, 0) is 11.9 Å². The fraction of sp³-hybridized carbons (Fsp3) is 0.545. The monoisotopic (exact) mass is 536 g/mol. The lowest BCUT2D eigenvalue weighted by Gasteiger charge is -2.29. The highest BCUT2D eigenvalue weighted by atomic mass is 79.9. The van der Waals surface area contributed by atoms with Gasteiger partial charge in [-0.1, -0.05) is 15.9 Å². The van der Waals surface area contributed by atoms with E-state index in [1.54, 1.807) is 6.07 Å². The van der Waals surface area contributed by atoms with E-state index in [2.05, 4.69) is 36.1 Å². The molecule has 0 amide bonds. The molecule has 0 spiro atoms. The van der Waals surface area contributed by atoms with Gasteiger partial charge in [0.1, 0.15) is 0 Å². The van der Waals surface area contributed by atoms with Crippen molar-refractivity contribution in [2.45, 2.75) is 49.8 Å². The number of hydrogen-bond donors (Lipinski definition) is 3. The normalized spacial score (nSPS) is 20.7. The third-order valence-electron chi connectivity index (χ3n) is 4.89. The van der Waals surface area contributed by atoms with Gasteiger partial charge in [0.15, 0.2) is 0 Å². The van der Waals surface area contributed by atoms with Crippen LogP contribution in [0.25, 0.3) is 0 Å². The number of halogens is 4. The van der Waals surface area contributed by atoms with Crippen molar-refractivity contribution in [1.82, 2.24) is 20.2 Å². The standard InChI is InChI=1S/C11H15FN2O.C6H5BrFN.C5H11NO.ClH/c12-11-6-9(3-4-13-11)7-14-5-1-2-10(15)8-14;7-4-5-1-2-9-6(8)3-5;7-5-2-1-3-6-4-5;/h3-4,6,10,15H,1-2,5,7-8H2;1-3H,4H2;5-7H,1-4H2;1H/t10-;;;/m1.../s1. The lowest BCUT2D eigenvalue weighted by molar-refractivity contribution is 0.0668. The highest BCUT2D eigenvalue weighted by Crippen LogP contribution is 2.13. The Kier molecular flexibility index (Phi) is 14.8. The van der Waals surface area contributed by atoms with Crippen LogP contribution >= 0.6 is 28.3 Å². The number of aliphatic hydroxyl groups excluding tert-OH is 2. The Morgan fingerprint density at radius 1 is 1.00 bits per heavy atom. The summed E-state index contributed by atoms with van der Waals surface area (Å²) >= 11 is 3.20. The number of hydrogen-bond acceptors (Lipinski definition) is 6. The van der Waals surface area contributed by atoms with E-state index in [1.807, 2.05) is 6.07 Å². The molecule has 4 heterocycles. The summed E-state index contributed by atoms with van der Waals surface area (Å²) in [6.45, 7) is 4.22. The molecule has 0 saturated carbocycles. The first kappa shape index (κ1) is 28.8. The summed E-state index contributed by atoms with van der Waals surface area (Å²) in [5.74, 6) is -0.864. The van der Waals surface area contributed by atoms with E-state index >= 15 is 0 Å². The highest BCUT2D eigenvalue weighted by molar-refractivity contribution is 9.08. The molecule has 0 aromatic carbocycles. The summed E-state index contributed by atoms with van der Waals surface area (Å²) in [6, 6.07) is 6.41. The van der Waals surface area contributed by atoms with Crippen molar-refractivity contribution in [2.75, 3.05) is 26.2 Å². The van der Waals surface area contributed by atoms with E-state index in [9.17, 15) is 13.9 Å². The Labute approximate surface area is 203 Å². The molecule has 2 aromatic heterocycles. The van der Waals surface area contributed by atoms with E-state index in [1.165, 1.54) is 24.5 Å². The maximum absolute atomic E-state index is 12.8. The molecule has 2 fully saturated rings. The van der Waals surface area contributed by atoms with Crippen LogP contribution in [0.2, 0.25) is 0 Å². The van der Waals surface area contributed by atoms with Crippen molar-refractivity contribution >= 4 is 28.3 Å². The minimum absolute atomic E-state index is 0. The van der Waals surface area contributed by atoms with Crippen LogP contribution in [-0.4, -0.2) is 63.5 Å². The molecule has 10 heteroatoms. The summed E-state index contributed by atoms with van der Waals surface area (Å²) in [7, 11) is 0. The van der Waals surface area contributed by atoms with Gasteiger partial charge in [0, 0.05) is 37.4 Å². The van der Waals surface area contributed by atoms with Gasteiger partial charge in [-0.25, -0.2) is 9.97 Å². The van der Waals surface area contributed by atoms with E-state index in [-0.39, 0.29) is 24.6 Å². The minimum atomic E-state index is -0.440. The Morgan fingerprint density at radius 2 is 1.62 bits per heavy atom. The second-order valence-corrected chi connectivity index (χ2v) is 8.20. The largest absolute Gasteiger partial charge is 0.392 e. The lowest BCUT2D eigenvalue weighted by atomic mass is 10.1. The first-order chi connectivity index (χ1) is 15.0. The van der Waals surface area contributed by atoms with Gasteiger partial charge in [0.2, 0.25) is 11.9 Å². The first-order valence-electron chi connectivity index (χ1n) is 10.5. The van der Waals surface area contributed by atoms with Crippen molar-refractivity contribution in [1.29, 1.82) is 0 Å². The first-order valence-corrected chi connectivity index (χ1v) is 11.6. The number of pyridine rings is 2. The number of aromatic nitrogens is 2. The summed E-state index contributed by atoms with van der Waals surface area (Å²) in [6.07, 6.45) is 6.61. The van der Waals surface area contributed by atoms with Gasteiger partial charge in [0.25, 0.3) is 0 Å². The van der Waals surface area contributed by atoms with Gasteiger partial charge in [-0.3, -0.25) is 4.90 Å². The van der Waals surface area contributed by atoms with Gasteiger partial charge in [-0.05, 0) is 74.2 Å². The van der Waals surface area contributed by atoms with Crippen LogP contribution in [0.15, 0.2) is 36.7 Å². The van der Waals surface area contributed by atoms with Gasteiger partial charge in [-0.15, -0.1) is 12.4 Å². The third-order valence-corrected chi connectivity index (χ3v) is 5.54. The summed E-state index contributed by atoms with van der Waals surface area (Å²) in [4.78, 5) is 9.06.